The maximum atomic E-state index is 12.2. The van der Waals surface area contributed by atoms with E-state index in [1.54, 1.807) is 29.2 Å². The molecule has 5 heteroatoms. The third kappa shape index (κ3) is 3.84. The smallest absolute Gasteiger partial charge is 0.248 e. The molecule has 1 fully saturated rings. The molecule has 0 aromatic heterocycles. The average molecular weight is 341 g/mol. The van der Waals surface area contributed by atoms with Crippen LogP contribution in [0.25, 0.3) is 6.08 Å². The number of carbonyl (C=O) groups is 2. The second-order valence-electron chi connectivity index (χ2n) is 5.54. The Balaban J connectivity index is 1.72. The maximum absolute atomic E-state index is 12.2. The Labute approximate surface area is 145 Å². The van der Waals surface area contributed by atoms with Crippen molar-refractivity contribution in [1.82, 2.24) is 0 Å². The molecule has 2 amide bonds. The summed E-state index contributed by atoms with van der Waals surface area (Å²) in [4.78, 5) is 25.8. The standard InChI is InChI=1S/C19H17ClN2O2/c20-15-10-7-14(8-11-15)9-12-18(23)21-16-4-1-2-5-17(16)22-13-3-6-19(22)24/h1-2,4-5,7-12H,3,6,13H2,(H,21,23). The van der Waals surface area contributed by atoms with E-state index in [0.29, 0.717) is 23.7 Å². The molecule has 4 nitrogen and oxygen atoms in total. The number of rotatable bonds is 4. The van der Waals surface area contributed by atoms with Gasteiger partial charge in [-0.05, 0) is 42.3 Å². The number of carbonyl (C=O) groups excluding carboxylic acids is 2. The van der Waals surface area contributed by atoms with Crippen molar-refractivity contribution in [2.24, 2.45) is 0 Å². The number of hydrogen-bond acceptors (Lipinski definition) is 2. The fraction of sp³-hybridized carbons (Fsp3) is 0.158. The number of halogens is 1. The van der Waals surface area contributed by atoms with Crippen LogP contribution in [0.15, 0.2) is 54.6 Å². The molecule has 1 heterocycles. The topological polar surface area (TPSA) is 49.4 Å². The van der Waals surface area contributed by atoms with Crippen LogP contribution in [-0.2, 0) is 9.59 Å². The molecular formula is C19H17ClN2O2. The lowest BCUT2D eigenvalue weighted by Gasteiger charge is -2.19. The molecule has 24 heavy (non-hydrogen) atoms. The monoisotopic (exact) mass is 340 g/mol. The zero-order valence-corrected chi connectivity index (χ0v) is 13.8. The van der Waals surface area contributed by atoms with Gasteiger partial charge in [0.25, 0.3) is 0 Å². The molecule has 2 aromatic rings. The molecule has 0 unspecified atom stereocenters. The lowest BCUT2D eigenvalue weighted by molar-refractivity contribution is -0.117. The summed E-state index contributed by atoms with van der Waals surface area (Å²) in [6, 6.07) is 14.6. The first kappa shape index (κ1) is 16.3. The van der Waals surface area contributed by atoms with Crippen LogP contribution in [0.3, 0.4) is 0 Å². The van der Waals surface area contributed by atoms with E-state index in [9.17, 15) is 9.59 Å². The highest BCUT2D eigenvalue weighted by molar-refractivity contribution is 6.30. The number of hydrogen-bond donors (Lipinski definition) is 1. The number of nitrogens with one attached hydrogen (secondary N) is 1. The highest BCUT2D eigenvalue weighted by Gasteiger charge is 2.23. The fourth-order valence-corrected chi connectivity index (χ4v) is 2.76. The number of para-hydroxylation sites is 2. The van der Waals surface area contributed by atoms with E-state index in [4.69, 9.17) is 11.6 Å². The molecule has 0 spiro atoms. The second-order valence-corrected chi connectivity index (χ2v) is 5.98. The van der Waals surface area contributed by atoms with Crippen molar-refractivity contribution >= 4 is 40.9 Å². The zero-order chi connectivity index (χ0) is 16.9. The third-order valence-corrected chi connectivity index (χ3v) is 4.08. The normalized spacial score (nSPS) is 14.4. The van der Waals surface area contributed by atoms with Crippen LogP contribution in [-0.4, -0.2) is 18.4 Å². The van der Waals surface area contributed by atoms with Crippen molar-refractivity contribution in [2.45, 2.75) is 12.8 Å². The van der Waals surface area contributed by atoms with Crippen molar-refractivity contribution in [2.75, 3.05) is 16.8 Å². The number of benzene rings is 2. The third-order valence-electron chi connectivity index (χ3n) is 3.82. The lowest BCUT2D eigenvalue weighted by atomic mass is 10.2. The molecule has 2 aromatic carbocycles. The minimum atomic E-state index is -0.246. The predicted octanol–water partition coefficient (Wildman–Crippen LogP) is 4.12. The van der Waals surface area contributed by atoms with Crippen molar-refractivity contribution in [3.63, 3.8) is 0 Å². The Bertz CT molecular complexity index is 784. The number of amides is 2. The molecule has 0 radical (unpaired) electrons. The largest absolute Gasteiger partial charge is 0.321 e. The molecule has 1 aliphatic rings. The minimum Gasteiger partial charge on any atom is -0.321 e. The van der Waals surface area contributed by atoms with Crippen molar-refractivity contribution in [1.29, 1.82) is 0 Å². The van der Waals surface area contributed by atoms with E-state index in [1.165, 1.54) is 6.08 Å². The van der Waals surface area contributed by atoms with Crippen LogP contribution < -0.4 is 10.2 Å². The van der Waals surface area contributed by atoms with Crippen LogP contribution in [0.2, 0.25) is 5.02 Å². The molecule has 0 atom stereocenters. The Kier molecular flexibility index (Phi) is 4.96. The van der Waals surface area contributed by atoms with Crippen LogP contribution in [0.4, 0.5) is 11.4 Å². The molecule has 1 N–H and O–H groups in total. The van der Waals surface area contributed by atoms with Crippen LogP contribution >= 0.6 is 11.6 Å². The van der Waals surface area contributed by atoms with Gasteiger partial charge in [-0.2, -0.15) is 0 Å². The van der Waals surface area contributed by atoms with Gasteiger partial charge in [0.1, 0.15) is 0 Å². The Hall–Kier alpha value is -2.59. The molecule has 0 bridgehead atoms. The van der Waals surface area contributed by atoms with E-state index in [2.05, 4.69) is 5.32 Å². The van der Waals surface area contributed by atoms with Gasteiger partial charge < -0.3 is 10.2 Å². The summed E-state index contributed by atoms with van der Waals surface area (Å²) in [5.74, 6) is -0.155. The van der Waals surface area contributed by atoms with E-state index < -0.39 is 0 Å². The Morgan fingerprint density at radius 1 is 1.12 bits per heavy atom. The van der Waals surface area contributed by atoms with Gasteiger partial charge in [-0.15, -0.1) is 0 Å². The van der Waals surface area contributed by atoms with Gasteiger partial charge in [0.15, 0.2) is 0 Å². The molecule has 3 rings (SSSR count). The minimum absolute atomic E-state index is 0.0911. The molecular weight excluding hydrogens is 324 g/mol. The van der Waals surface area contributed by atoms with Gasteiger partial charge in [0.2, 0.25) is 11.8 Å². The summed E-state index contributed by atoms with van der Waals surface area (Å²) in [6.45, 7) is 0.687. The van der Waals surface area contributed by atoms with Gasteiger partial charge in [0.05, 0.1) is 11.4 Å². The lowest BCUT2D eigenvalue weighted by Crippen LogP contribution is -2.25. The first-order valence-corrected chi connectivity index (χ1v) is 8.15. The first-order chi connectivity index (χ1) is 11.6. The van der Waals surface area contributed by atoms with E-state index in [1.807, 2.05) is 30.3 Å². The summed E-state index contributed by atoms with van der Waals surface area (Å²) < 4.78 is 0. The van der Waals surface area contributed by atoms with Gasteiger partial charge in [-0.3, -0.25) is 9.59 Å². The fourth-order valence-electron chi connectivity index (χ4n) is 2.64. The van der Waals surface area contributed by atoms with Gasteiger partial charge in [-0.1, -0.05) is 35.9 Å². The van der Waals surface area contributed by atoms with Gasteiger partial charge >= 0.3 is 0 Å². The Morgan fingerprint density at radius 2 is 1.88 bits per heavy atom. The molecule has 1 aliphatic heterocycles. The second kappa shape index (κ2) is 7.32. The molecule has 1 saturated heterocycles. The van der Waals surface area contributed by atoms with E-state index in [0.717, 1.165) is 17.7 Å². The summed E-state index contributed by atoms with van der Waals surface area (Å²) in [6.07, 6.45) is 4.58. The van der Waals surface area contributed by atoms with E-state index in [-0.39, 0.29) is 11.8 Å². The van der Waals surface area contributed by atoms with E-state index >= 15 is 0 Å². The highest BCUT2D eigenvalue weighted by atomic mass is 35.5. The molecule has 0 aliphatic carbocycles. The first-order valence-electron chi connectivity index (χ1n) is 7.77. The quantitative estimate of drug-likeness (QED) is 0.851. The van der Waals surface area contributed by atoms with Crippen molar-refractivity contribution in [3.05, 3.63) is 65.2 Å². The van der Waals surface area contributed by atoms with Gasteiger partial charge in [-0.25, -0.2) is 0 Å². The summed E-state index contributed by atoms with van der Waals surface area (Å²) >= 11 is 5.84. The summed E-state index contributed by atoms with van der Waals surface area (Å²) in [7, 11) is 0. The SMILES string of the molecule is O=C(C=Cc1ccc(Cl)cc1)Nc1ccccc1N1CCCC1=O. The average Bonchev–Trinajstić information content (AvgIpc) is 3.01. The van der Waals surface area contributed by atoms with Crippen molar-refractivity contribution < 1.29 is 9.59 Å². The number of anilines is 2. The Morgan fingerprint density at radius 3 is 2.58 bits per heavy atom. The predicted molar refractivity (Wildman–Crippen MR) is 97.1 cm³/mol. The summed E-state index contributed by atoms with van der Waals surface area (Å²) in [5.41, 5.74) is 2.27. The van der Waals surface area contributed by atoms with Crippen LogP contribution in [0, 0.1) is 0 Å². The van der Waals surface area contributed by atoms with Crippen molar-refractivity contribution in [3.8, 4) is 0 Å². The molecule has 122 valence electrons. The van der Waals surface area contributed by atoms with Crippen LogP contribution in [0.5, 0.6) is 0 Å². The summed E-state index contributed by atoms with van der Waals surface area (Å²) in [5, 5.41) is 3.50. The van der Waals surface area contributed by atoms with Crippen LogP contribution in [0.1, 0.15) is 18.4 Å². The number of nitrogens with zero attached hydrogens (tertiary/aromatic N) is 1. The molecule has 0 saturated carbocycles. The maximum Gasteiger partial charge on any atom is 0.248 e. The van der Waals surface area contributed by atoms with Gasteiger partial charge in [0, 0.05) is 24.1 Å². The zero-order valence-electron chi connectivity index (χ0n) is 13.0. The highest BCUT2D eigenvalue weighted by Crippen LogP contribution is 2.29.